The Morgan fingerprint density at radius 3 is 2.60 bits per heavy atom. The molecule has 30 heavy (non-hydrogen) atoms. The second-order valence-corrected chi connectivity index (χ2v) is 7.90. The van der Waals surface area contributed by atoms with E-state index in [1.54, 1.807) is 11.6 Å². The maximum atomic E-state index is 12.9. The first kappa shape index (κ1) is 18.8. The summed E-state index contributed by atoms with van der Waals surface area (Å²) in [7, 11) is 1.65. The second kappa shape index (κ2) is 7.22. The van der Waals surface area contributed by atoms with Crippen LogP contribution in [0.25, 0.3) is 16.8 Å². The van der Waals surface area contributed by atoms with Gasteiger partial charge >= 0.3 is 0 Å². The first-order valence-electron chi connectivity index (χ1n) is 9.73. The van der Waals surface area contributed by atoms with Crippen molar-refractivity contribution in [3.63, 3.8) is 0 Å². The normalized spacial score (nSPS) is 16.0. The molecule has 2 aromatic carbocycles. The number of nitrogens with zero attached hydrogens (tertiary/aromatic N) is 4. The number of Topliss-reactive ketones (excluding diaryl/α,β-unsaturated/α-hetero) is 1. The summed E-state index contributed by atoms with van der Waals surface area (Å²) in [6.45, 7) is 1.94. The molecule has 7 heteroatoms. The summed E-state index contributed by atoms with van der Waals surface area (Å²) in [4.78, 5) is 12.9. The molecule has 150 valence electrons. The van der Waals surface area contributed by atoms with Crippen molar-refractivity contribution in [3.8, 4) is 16.9 Å². The molecule has 0 saturated heterocycles. The Morgan fingerprint density at radius 1 is 1.07 bits per heavy atom. The topological polar surface area (TPSA) is 69.4 Å². The van der Waals surface area contributed by atoms with Gasteiger partial charge in [-0.05, 0) is 42.7 Å². The molecule has 4 aromatic rings. The quantitative estimate of drug-likeness (QED) is 0.483. The van der Waals surface area contributed by atoms with E-state index in [9.17, 15) is 4.79 Å². The summed E-state index contributed by atoms with van der Waals surface area (Å²) in [5.41, 5.74) is 5.53. The number of aryl methyl sites for hydroxylation is 1. The van der Waals surface area contributed by atoms with E-state index in [1.807, 2.05) is 55.5 Å². The third kappa shape index (κ3) is 2.95. The van der Waals surface area contributed by atoms with Crippen LogP contribution in [0.2, 0.25) is 5.02 Å². The molecule has 0 saturated carbocycles. The Hall–Kier alpha value is -3.25. The molecule has 0 amide bonds. The second-order valence-electron chi connectivity index (χ2n) is 7.47. The van der Waals surface area contributed by atoms with Crippen LogP contribution >= 0.6 is 11.6 Å². The molecule has 1 aliphatic carbocycles. The summed E-state index contributed by atoms with van der Waals surface area (Å²) in [5.74, 6) is 0.760. The van der Waals surface area contributed by atoms with Crippen LogP contribution in [0.1, 0.15) is 39.8 Å². The van der Waals surface area contributed by atoms with Gasteiger partial charge < -0.3 is 4.74 Å². The van der Waals surface area contributed by atoms with Crippen molar-refractivity contribution in [2.24, 2.45) is 0 Å². The van der Waals surface area contributed by atoms with Gasteiger partial charge in [-0.2, -0.15) is 5.10 Å². The fraction of sp³-hybridized carbons (Fsp3) is 0.217. The summed E-state index contributed by atoms with van der Waals surface area (Å²) in [5, 5.41) is 14.1. The predicted octanol–water partition coefficient (Wildman–Crippen LogP) is 4.67. The highest BCUT2D eigenvalue weighted by molar-refractivity contribution is 6.30. The van der Waals surface area contributed by atoms with Crippen LogP contribution < -0.4 is 4.74 Å². The Bertz CT molecular complexity index is 1280. The number of methoxy groups -OCH3 is 1. The fourth-order valence-electron chi connectivity index (χ4n) is 4.26. The number of aromatic nitrogens is 4. The molecule has 1 aliphatic rings. The third-order valence-electron chi connectivity index (χ3n) is 5.66. The molecule has 0 fully saturated rings. The molecule has 1 unspecified atom stereocenters. The Labute approximate surface area is 178 Å². The van der Waals surface area contributed by atoms with Gasteiger partial charge in [-0.15, -0.1) is 10.2 Å². The monoisotopic (exact) mass is 418 g/mol. The van der Waals surface area contributed by atoms with Gasteiger partial charge in [0.15, 0.2) is 17.1 Å². The van der Waals surface area contributed by atoms with Crippen LogP contribution in [0.3, 0.4) is 0 Å². The first-order chi connectivity index (χ1) is 14.6. The van der Waals surface area contributed by atoms with E-state index < -0.39 is 0 Å². The number of benzene rings is 2. The zero-order chi connectivity index (χ0) is 20.8. The number of fused-ring (bicyclic) bond motifs is 3. The third-order valence-corrected chi connectivity index (χ3v) is 5.91. The lowest BCUT2D eigenvalue weighted by Gasteiger charge is -2.24. The molecule has 5 rings (SSSR count). The average molecular weight is 419 g/mol. The van der Waals surface area contributed by atoms with E-state index in [1.165, 1.54) is 0 Å². The van der Waals surface area contributed by atoms with Crippen molar-refractivity contribution in [2.75, 3.05) is 7.11 Å². The molecular formula is C23H19ClN4O2. The number of hydrogen-bond donors (Lipinski definition) is 0. The number of para-hydroxylation sites is 1. The maximum absolute atomic E-state index is 12.9. The van der Waals surface area contributed by atoms with Gasteiger partial charge in [0.05, 0.1) is 24.1 Å². The lowest BCUT2D eigenvalue weighted by Crippen LogP contribution is -2.24. The minimum Gasteiger partial charge on any atom is -0.496 e. The van der Waals surface area contributed by atoms with Crippen molar-refractivity contribution in [1.82, 2.24) is 19.8 Å². The summed E-state index contributed by atoms with van der Waals surface area (Å²) in [6.07, 6.45) is 1.01. The predicted molar refractivity (Wildman–Crippen MR) is 114 cm³/mol. The molecule has 0 spiro atoms. The number of ketones is 1. The lowest BCUT2D eigenvalue weighted by atomic mass is 9.83. The zero-order valence-electron chi connectivity index (χ0n) is 16.6. The van der Waals surface area contributed by atoms with Crippen molar-refractivity contribution >= 4 is 23.0 Å². The number of halogens is 1. The standard InChI is InChI=1S/C23H19ClN4O2/c1-13-21(14-7-9-16(24)10-8-14)23-26-25-22-18(28(23)27-13)11-15(12-19(22)29)17-5-3-4-6-20(17)30-2/h3-10,15H,11-12H2,1-2H3. The largest absolute Gasteiger partial charge is 0.496 e. The molecule has 6 nitrogen and oxygen atoms in total. The van der Waals surface area contributed by atoms with Gasteiger partial charge in [0, 0.05) is 17.4 Å². The van der Waals surface area contributed by atoms with Gasteiger partial charge in [0.25, 0.3) is 0 Å². The summed E-state index contributed by atoms with van der Waals surface area (Å²) in [6, 6.07) is 15.4. The van der Waals surface area contributed by atoms with E-state index in [-0.39, 0.29) is 11.7 Å². The molecule has 1 atom stereocenters. The zero-order valence-corrected chi connectivity index (χ0v) is 17.3. The number of carbonyl (C=O) groups excluding carboxylic acids is 1. The lowest BCUT2D eigenvalue weighted by molar-refractivity contribution is 0.0955. The van der Waals surface area contributed by atoms with E-state index in [2.05, 4.69) is 10.2 Å². The van der Waals surface area contributed by atoms with Gasteiger partial charge in [-0.1, -0.05) is 41.9 Å². The van der Waals surface area contributed by atoms with Crippen LogP contribution in [0.15, 0.2) is 48.5 Å². The van der Waals surface area contributed by atoms with Gasteiger partial charge in [-0.25, -0.2) is 4.52 Å². The summed E-state index contributed by atoms with van der Waals surface area (Å²) >= 11 is 6.04. The van der Waals surface area contributed by atoms with Crippen molar-refractivity contribution in [2.45, 2.75) is 25.7 Å². The van der Waals surface area contributed by atoms with Gasteiger partial charge in [0.2, 0.25) is 0 Å². The van der Waals surface area contributed by atoms with Crippen LogP contribution in [-0.4, -0.2) is 32.7 Å². The minimum absolute atomic E-state index is 0.00274. The first-order valence-corrected chi connectivity index (χ1v) is 10.1. The van der Waals surface area contributed by atoms with Crippen LogP contribution in [-0.2, 0) is 6.42 Å². The van der Waals surface area contributed by atoms with E-state index in [4.69, 9.17) is 21.4 Å². The molecule has 0 N–H and O–H groups in total. The van der Waals surface area contributed by atoms with Crippen molar-refractivity contribution < 1.29 is 9.53 Å². The molecule has 0 aliphatic heterocycles. The number of rotatable bonds is 3. The maximum Gasteiger partial charge on any atom is 0.185 e. The molecule has 2 aromatic heterocycles. The van der Waals surface area contributed by atoms with Crippen molar-refractivity contribution in [3.05, 3.63) is 76.2 Å². The van der Waals surface area contributed by atoms with E-state index in [0.29, 0.717) is 29.2 Å². The summed E-state index contributed by atoms with van der Waals surface area (Å²) < 4.78 is 7.31. The van der Waals surface area contributed by atoms with Gasteiger partial charge in [-0.3, -0.25) is 4.79 Å². The highest BCUT2D eigenvalue weighted by Crippen LogP contribution is 2.37. The average Bonchev–Trinajstić information content (AvgIpc) is 3.10. The SMILES string of the molecule is COc1ccccc1C1CC(=O)c2nnc3c(-c4ccc(Cl)cc4)c(C)nn3c2C1. The molecular weight excluding hydrogens is 400 g/mol. The van der Waals surface area contributed by atoms with Crippen LogP contribution in [0.4, 0.5) is 0 Å². The van der Waals surface area contributed by atoms with Gasteiger partial charge in [0.1, 0.15) is 5.75 Å². The molecule has 2 heterocycles. The minimum atomic E-state index is -0.0252. The number of ether oxygens (including phenoxy) is 1. The Balaban J connectivity index is 1.66. The fourth-order valence-corrected chi connectivity index (χ4v) is 4.38. The van der Waals surface area contributed by atoms with Crippen LogP contribution in [0, 0.1) is 6.92 Å². The van der Waals surface area contributed by atoms with E-state index in [0.717, 1.165) is 33.8 Å². The molecule has 0 radical (unpaired) electrons. The van der Waals surface area contributed by atoms with Crippen molar-refractivity contribution in [1.29, 1.82) is 0 Å². The smallest absolute Gasteiger partial charge is 0.185 e. The number of carbonyl (C=O) groups is 1. The highest BCUT2D eigenvalue weighted by Gasteiger charge is 2.32. The van der Waals surface area contributed by atoms with Crippen LogP contribution in [0.5, 0.6) is 5.75 Å². The highest BCUT2D eigenvalue weighted by atomic mass is 35.5. The molecule has 0 bridgehead atoms. The number of hydrogen-bond acceptors (Lipinski definition) is 5. The Kier molecular flexibility index (Phi) is 4.51. The van der Waals surface area contributed by atoms with E-state index >= 15 is 0 Å². The Morgan fingerprint density at radius 2 is 1.83 bits per heavy atom.